The number of nitrogens with one attached hydrogen (secondary N) is 2. The molecule has 0 heterocycles. The van der Waals surface area contributed by atoms with Gasteiger partial charge >= 0.3 is 0 Å². The minimum atomic E-state index is -3.64. The van der Waals surface area contributed by atoms with Gasteiger partial charge in [0.15, 0.2) is 5.96 Å². The molecule has 0 bridgehead atoms. The molecule has 24 heavy (non-hydrogen) atoms. The highest BCUT2D eigenvalue weighted by molar-refractivity contribution is 7.89. The van der Waals surface area contributed by atoms with Crippen LogP contribution in [-0.2, 0) is 16.6 Å². The van der Waals surface area contributed by atoms with Crippen molar-refractivity contribution in [2.75, 3.05) is 13.1 Å². The van der Waals surface area contributed by atoms with Crippen molar-refractivity contribution in [2.45, 2.75) is 51.0 Å². The van der Waals surface area contributed by atoms with Gasteiger partial charge in [0.1, 0.15) is 0 Å². The van der Waals surface area contributed by atoms with Crippen molar-refractivity contribution in [3.63, 3.8) is 0 Å². The lowest BCUT2D eigenvalue weighted by Crippen LogP contribution is -2.46. The van der Waals surface area contributed by atoms with Gasteiger partial charge in [-0.1, -0.05) is 25.5 Å². The van der Waals surface area contributed by atoms with Crippen LogP contribution in [0.1, 0.15) is 45.1 Å². The van der Waals surface area contributed by atoms with E-state index >= 15 is 0 Å². The van der Waals surface area contributed by atoms with Gasteiger partial charge in [-0.05, 0) is 49.3 Å². The first-order valence-electron chi connectivity index (χ1n) is 8.52. The van der Waals surface area contributed by atoms with Crippen LogP contribution in [0.25, 0.3) is 0 Å². The van der Waals surface area contributed by atoms with E-state index in [9.17, 15) is 8.42 Å². The lowest BCUT2D eigenvalue weighted by Gasteiger charge is -2.41. The molecule has 2 rings (SSSR count). The maximum absolute atomic E-state index is 11.3. The molecule has 1 aromatic carbocycles. The zero-order valence-electron chi connectivity index (χ0n) is 14.5. The number of hydrogen-bond acceptors (Lipinski definition) is 3. The van der Waals surface area contributed by atoms with Crippen LogP contribution in [0, 0.1) is 5.41 Å². The van der Waals surface area contributed by atoms with Gasteiger partial charge in [0.25, 0.3) is 0 Å². The molecule has 0 unspecified atom stereocenters. The van der Waals surface area contributed by atoms with Crippen LogP contribution in [0.2, 0.25) is 0 Å². The van der Waals surface area contributed by atoms with Gasteiger partial charge in [-0.2, -0.15) is 0 Å². The Morgan fingerprint density at radius 2 is 1.88 bits per heavy atom. The summed E-state index contributed by atoms with van der Waals surface area (Å²) in [6, 6.07) is 6.51. The molecule has 1 saturated carbocycles. The summed E-state index contributed by atoms with van der Waals surface area (Å²) in [5.41, 5.74) is 1.36. The number of nitrogens with zero attached hydrogens (tertiary/aromatic N) is 1. The standard InChI is InChI=1S/C17H28N4O2S/c1-3-17(10-5-11-17)13-21-16(19-4-2)20-12-14-6-8-15(9-7-14)24(18,22)23/h6-9H,3-5,10-13H2,1-2H3,(H2,18,22,23)(H2,19,20,21). The highest BCUT2D eigenvalue weighted by Crippen LogP contribution is 2.42. The SMILES string of the molecule is CCNC(=NCc1ccc(S(N)(=O)=O)cc1)NCC1(CC)CCC1. The number of rotatable bonds is 7. The fourth-order valence-electron chi connectivity index (χ4n) is 2.90. The second kappa shape index (κ2) is 7.98. The number of benzene rings is 1. The summed E-state index contributed by atoms with van der Waals surface area (Å²) >= 11 is 0. The van der Waals surface area contributed by atoms with Crippen LogP contribution in [-0.4, -0.2) is 27.5 Å². The third-order valence-corrected chi connectivity index (χ3v) is 5.74. The van der Waals surface area contributed by atoms with Crippen molar-refractivity contribution >= 4 is 16.0 Å². The minimum Gasteiger partial charge on any atom is -0.357 e. The average Bonchev–Trinajstić information content (AvgIpc) is 2.51. The molecular weight excluding hydrogens is 324 g/mol. The highest BCUT2D eigenvalue weighted by atomic mass is 32.2. The van der Waals surface area contributed by atoms with Gasteiger partial charge in [0.05, 0.1) is 11.4 Å². The molecule has 0 radical (unpaired) electrons. The van der Waals surface area contributed by atoms with E-state index in [4.69, 9.17) is 5.14 Å². The van der Waals surface area contributed by atoms with Gasteiger partial charge < -0.3 is 10.6 Å². The van der Waals surface area contributed by atoms with E-state index in [2.05, 4.69) is 22.5 Å². The number of sulfonamides is 1. The Morgan fingerprint density at radius 3 is 2.33 bits per heavy atom. The van der Waals surface area contributed by atoms with Crippen LogP contribution in [0.5, 0.6) is 0 Å². The van der Waals surface area contributed by atoms with Crippen LogP contribution >= 0.6 is 0 Å². The molecule has 0 aliphatic heterocycles. The van der Waals surface area contributed by atoms with Gasteiger partial charge in [-0.15, -0.1) is 0 Å². The summed E-state index contributed by atoms with van der Waals surface area (Å²) in [4.78, 5) is 4.71. The maximum Gasteiger partial charge on any atom is 0.238 e. The van der Waals surface area contributed by atoms with Crippen LogP contribution in [0.15, 0.2) is 34.2 Å². The molecular formula is C17H28N4O2S. The Kier molecular flexibility index (Phi) is 6.23. The normalized spacial score (nSPS) is 17.2. The van der Waals surface area contributed by atoms with E-state index < -0.39 is 10.0 Å². The number of aliphatic imine (C=N–C) groups is 1. The van der Waals surface area contributed by atoms with E-state index in [-0.39, 0.29) is 4.90 Å². The van der Waals surface area contributed by atoms with Crippen molar-refractivity contribution in [1.29, 1.82) is 0 Å². The summed E-state index contributed by atoms with van der Waals surface area (Å²) in [6.07, 6.45) is 5.07. The summed E-state index contributed by atoms with van der Waals surface area (Å²) in [5.74, 6) is 0.799. The summed E-state index contributed by atoms with van der Waals surface area (Å²) in [5, 5.41) is 11.8. The second-order valence-corrected chi connectivity index (χ2v) is 8.01. The molecule has 1 fully saturated rings. The third kappa shape index (κ3) is 4.95. The predicted molar refractivity (Wildman–Crippen MR) is 97.2 cm³/mol. The maximum atomic E-state index is 11.3. The molecule has 134 valence electrons. The van der Waals surface area contributed by atoms with Crippen molar-refractivity contribution < 1.29 is 8.42 Å². The Labute approximate surface area is 145 Å². The predicted octanol–water partition coefficient (Wildman–Crippen LogP) is 1.97. The third-order valence-electron chi connectivity index (χ3n) is 4.81. The topological polar surface area (TPSA) is 96.6 Å². The molecule has 6 nitrogen and oxygen atoms in total. The molecule has 0 saturated heterocycles. The minimum absolute atomic E-state index is 0.120. The Balaban J connectivity index is 1.97. The number of guanidine groups is 1. The van der Waals surface area contributed by atoms with Crippen molar-refractivity contribution in [3.05, 3.63) is 29.8 Å². The smallest absolute Gasteiger partial charge is 0.238 e. The van der Waals surface area contributed by atoms with Crippen molar-refractivity contribution in [2.24, 2.45) is 15.5 Å². The molecule has 1 aliphatic carbocycles. The highest BCUT2D eigenvalue weighted by Gasteiger charge is 2.34. The Hall–Kier alpha value is -1.60. The number of hydrogen-bond donors (Lipinski definition) is 3. The monoisotopic (exact) mass is 352 g/mol. The lowest BCUT2D eigenvalue weighted by atomic mass is 9.67. The second-order valence-electron chi connectivity index (χ2n) is 6.44. The molecule has 4 N–H and O–H groups in total. The molecule has 1 aliphatic rings. The van der Waals surface area contributed by atoms with Gasteiger partial charge in [-0.3, -0.25) is 0 Å². The zero-order chi connectivity index (χ0) is 17.6. The van der Waals surface area contributed by atoms with E-state index in [1.54, 1.807) is 12.1 Å². The number of nitrogens with two attached hydrogens (primary N) is 1. The Morgan fingerprint density at radius 1 is 1.21 bits per heavy atom. The van der Waals surface area contributed by atoms with E-state index in [1.165, 1.54) is 37.8 Å². The summed E-state index contributed by atoms with van der Waals surface area (Å²) in [7, 11) is -3.64. The van der Waals surface area contributed by atoms with Crippen LogP contribution < -0.4 is 15.8 Å². The van der Waals surface area contributed by atoms with Gasteiger partial charge in [0.2, 0.25) is 10.0 Å². The van der Waals surface area contributed by atoms with E-state index in [0.29, 0.717) is 12.0 Å². The quantitative estimate of drug-likeness (QED) is 0.516. The first kappa shape index (κ1) is 18.7. The Bertz CT molecular complexity index is 659. The molecule has 7 heteroatoms. The molecule has 0 aromatic heterocycles. The number of primary sulfonamides is 1. The molecule has 0 spiro atoms. The largest absolute Gasteiger partial charge is 0.357 e. The first-order chi connectivity index (χ1) is 11.4. The fraction of sp³-hybridized carbons (Fsp3) is 0.588. The first-order valence-corrected chi connectivity index (χ1v) is 10.1. The van der Waals surface area contributed by atoms with Crippen LogP contribution in [0.4, 0.5) is 0 Å². The lowest BCUT2D eigenvalue weighted by molar-refractivity contribution is 0.131. The molecule has 0 atom stereocenters. The fourth-order valence-corrected chi connectivity index (χ4v) is 3.42. The van der Waals surface area contributed by atoms with Crippen molar-refractivity contribution in [3.8, 4) is 0 Å². The zero-order valence-corrected chi connectivity index (χ0v) is 15.3. The average molecular weight is 353 g/mol. The summed E-state index contributed by atoms with van der Waals surface area (Å²) < 4.78 is 22.5. The van der Waals surface area contributed by atoms with Gasteiger partial charge in [-0.25, -0.2) is 18.5 Å². The van der Waals surface area contributed by atoms with E-state index in [1.807, 2.05) is 6.92 Å². The summed E-state index contributed by atoms with van der Waals surface area (Å²) in [6.45, 7) is 6.52. The van der Waals surface area contributed by atoms with Crippen LogP contribution in [0.3, 0.4) is 0 Å². The van der Waals surface area contributed by atoms with Crippen molar-refractivity contribution in [1.82, 2.24) is 10.6 Å². The molecule has 0 amide bonds. The molecule has 1 aromatic rings. The van der Waals surface area contributed by atoms with E-state index in [0.717, 1.165) is 24.6 Å². The van der Waals surface area contributed by atoms with Gasteiger partial charge in [0, 0.05) is 13.1 Å².